The minimum absolute atomic E-state index is 0.242. The Hall–Kier alpha value is -1.32. The first-order chi connectivity index (χ1) is 12.4. The van der Waals surface area contributed by atoms with E-state index < -0.39 is 0 Å². The van der Waals surface area contributed by atoms with Gasteiger partial charge in [-0.15, -0.1) is 0 Å². The van der Waals surface area contributed by atoms with Crippen LogP contribution in [-0.4, -0.2) is 23.1 Å². The molecule has 1 fully saturated rings. The molecule has 148 valence electrons. The number of carbonyl (C=O) groups is 4. The molecule has 0 bridgehead atoms. The van der Waals surface area contributed by atoms with Crippen LogP contribution in [0.4, 0.5) is 0 Å². The van der Waals surface area contributed by atoms with Crippen molar-refractivity contribution in [3.05, 3.63) is 0 Å². The predicted molar refractivity (Wildman–Crippen MR) is 103 cm³/mol. The van der Waals surface area contributed by atoms with Gasteiger partial charge in [-0.25, -0.2) is 0 Å². The Labute approximate surface area is 158 Å². The zero-order valence-electron chi connectivity index (χ0n) is 16.7. The first kappa shape index (κ1) is 22.7. The van der Waals surface area contributed by atoms with Gasteiger partial charge in [-0.1, -0.05) is 39.5 Å². The quantitative estimate of drug-likeness (QED) is 0.567. The standard InChI is InChI=1S/C22H36O4/c1-17-15-19(23)11-7-3-5-9-13-21(25)22(26)14-10-6-4-8-12-20(24)16-18(17)2/h17-18H,3-16H2,1-2H3/t17-,18?/m1/s1. The van der Waals surface area contributed by atoms with E-state index in [1.807, 2.05) is 0 Å². The van der Waals surface area contributed by atoms with Gasteiger partial charge in [0.2, 0.25) is 0 Å². The number of hydrogen-bond acceptors (Lipinski definition) is 4. The van der Waals surface area contributed by atoms with Crippen LogP contribution in [0, 0.1) is 11.8 Å². The summed E-state index contributed by atoms with van der Waals surface area (Å²) in [6, 6.07) is 0. The smallest absolute Gasteiger partial charge is 0.198 e. The lowest BCUT2D eigenvalue weighted by molar-refractivity contribution is -0.136. The highest BCUT2D eigenvalue weighted by Crippen LogP contribution is 2.22. The van der Waals surface area contributed by atoms with E-state index in [1.54, 1.807) is 0 Å². The summed E-state index contributed by atoms with van der Waals surface area (Å²) in [5.41, 5.74) is 0. The third-order valence-corrected chi connectivity index (χ3v) is 5.60. The van der Waals surface area contributed by atoms with Crippen LogP contribution in [0.3, 0.4) is 0 Å². The maximum Gasteiger partial charge on any atom is 0.198 e. The van der Waals surface area contributed by atoms with Crippen LogP contribution >= 0.6 is 0 Å². The van der Waals surface area contributed by atoms with E-state index in [9.17, 15) is 19.2 Å². The molecule has 1 unspecified atom stereocenters. The Morgan fingerprint density at radius 2 is 0.808 bits per heavy atom. The zero-order chi connectivity index (χ0) is 19.4. The van der Waals surface area contributed by atoms with Crippen molar-refractivity contribution in [1.29, 1.82) is 0 Å². The van der Waals surface area contributed by atoms with Gasteiger partial charge in [0.25, 0.3) is 0 Å². The van der Waals surface area contributed by atoms with Crippen LogP contribution in [0.25, 0.3) is 0 Å². The summed E-state index contributed by atoms with van der Waals surface area (Å²) in [7, 11) is 0. The summed E-state index contributed by atoms with van der Waals surface area (Å²) in [6.07, 6.45) is 9.79. The van der Waals surface area contributed by atoms with E-state index in [1.165, 1.54) is 0 Å². The van der Waals surface area contributed by atoms with Gasteiger partial charge in [0.05, 0.1) is 0 Å². The number of ketones is 4. The third kappa shape index (κ3) is 9.98. The van der Waals surface area contributed by atoms with Gasteiger partial charge < -0.3 is 0 Å². The van der Waals surface area contributed by atoms with Crippen molar-refractivity contribution in [3.8, 4) is 0 Å². The molecule has 0 N–H and O–H groups in total. The van der Waals surface area contributed by atoms with Gasteiger partial charge in [-0.05, 0) is 37.5 Å². The van der Waals surface area contributed by atoms with Crippen LogP contribution < -0.4 is 0 Å². The summed E-state index contributed by atoms with van der Waals surface area (Å²) in [4.78, 5) is 47.8. The molecule has 4 nitrogen and oxygen atoms in total. The monoisotopic (exact) mass is 364 g/mol. The fraction of sp³-hybridized carbons (Fsp3) is 0.818. The molecule has 1 aliphatic carbocycles. The molecule has 1 rings (SSSR count). The lowest BCUT2D eigenvalue weighted by atomic mass is 9.86. The van der Waals surface area contributed by atoms with E-state index in [0.717, 1.165) is 51.4 Å². The minimum Gasteiger partial charge on any atom is -0.300 e. The number of Topliss-reactive ketones (excluding diaryl/α,β-unsaturated/α-hetero) is 4. The van der Waals surface area contributed by atoms with E-state index in [2.05, 4.69) is 13.8 Å². The van der Waals surface area contributed by atoms with Crippen molar-refractivity contribution in [2.24, 2.45) is 11.8 Å². The summed E-state index contributed by atoms with van der Waals surface area (Å²) in [5.74, 6) is 0.568. The molecule has 1 saturated carbocycles. The molecular formula is C22H36O4. The number of rotatable bonds is 0. The number of carbonyl (C=O) groups excluding carboxylic acids is 4. The van der Waals surface area contributed by atoms with Crippen molar-refractivity contribution >= 4 is 23.1 Å². The second kappa shape index (κ2) is 12.9. The van der Waals surface area contributed by atoms with Crippen LogP contribution in [0.1, 0.15) is 104 Å². The van der Waals surface area contributed by atoms with Crippen LogP contribution in [0.15, 0.2) is 0 Å². The van der Waals surface area contributed by atoms with Crippen molar-refractivity contribution < 1.29 is 19.2 Å². The molecule has 0 aromatic heterocycles. The molecule has 0 spiro atoms. The van der Waals surface area contributed by atoms with E-state index in [0.29, 0.717) is 38.5 Å². The van der Waals surface area contributed by atoms with Crippen molar-refractivity contribution in [1.82, 2.24) is 0 Å². The summed E-state index contributed by atoms with van der Waals surface area (Å²) in [5, 5.41) is 0. The first-order valence-corrected chi connectivity index (χ1v) is 10.5. The highest BCUT2D eigenvalue weighted by atomic mass is 16.2. The molecule has 0 amide bonds. The van der Waals surface area contributed by atoms with Gasteiger partial charge in [-0.2, -0.15) is 0 Å². The molecule has 4 heteroatoms. The summed E-state index contributed by atoms with van der Waals surface area (Å²) in [6.45, 7) is 4.15. The van der Waals surface area contributed by atoms with Gasteiger partial charge in [0, 0.05) is 38.5 Å². The maximum absolute atomic E-state index is 12.1. The molecule has 26 heavy (non-hydrogen) atoms. The largest absolute Gasteiger partial charge is 0.300 e. The summed E-state index contributed by atoms with van der Waals surface area (Å²) >= 11 is 0. The molecule has 0 aromatic carbocycles. The van der Waals surface area contributed by atoms with Gasteiger partial charge in [0.1, 0.15) is 11.6 Å². The van der Waals surface area contributed by atoms with Gasteiger partial charge in [0.15, 0.2) is 11.6 Å². The molecular weight excluding hydrogens is 328 g/mol. The molecule has 1 aliphatic rings. The fourth-order valence-electron chi connectivity index (χ4n) is 3.53. The Morgan fingerprint density at radius 1 is 0.500 bits per heavy atom. The van der Waals surface area contributed by atoms with Crippen LogP contribution in [0.5, 0.6) is 0 Å². The molecule has 0 saturated heterocycles. The van der Waals surface area contributed by atoms with Crippen molar-refractivity contribution in [2.45, 2.75) is 104 Å². The molecule has 0 heterocycles. The van der Waals surface area contributed by atoms with Gasteiger partial charge >= 0.3 is 0 Å². The topological polar surface area (TPSA) is 68.3 Å². The predicted octanol–water partition coefficient (Wildman–Crippen LogP) is 5.01. The SMILES string of the molecule is CC1CC(=O)CCCCCCC(=O)C(=O)CCCCCCC(=O)C[C@H]1C. The third-order valence-electron chi connectivity index (χ3n) is 5.60. The molecule has 0 radical (unpaired) electrons. The highest BCUT2D eigenvalue weighted by Gasteiger charge is 2.19. The Balaban J connectivity index is 2.50. The molecule has 0 aliphatic heterocycles. The lowest BCUT2D eigenvalue weighted by Crippen LogP contribution is -2.17. The second-order valence-corrected chi connectivity index (χ2v) is 8.11. The van der Waals surface area contributed by atoms with Gasteiger partial charge in [-0.3, -0.25) is 19.2 Å². The Morgan fingerprint density at radius 3 is 1.15 bits per heavy atom. The Kier molecular flexibility index (Phi) is 11.3. The second-order valence-electron chi connectivity index (χ2n) is 8.11. The molecule has 2 atom stereocenters. The van der Waals surface area contributed by atoms with E-state index >= 15 is 0 Å². The van der Waals surface area contributed by atoms with E-state index in [-0.39, 0.29) is 35.0 Å². The van der Waals surface area contributed by atoms with Crippen LogP contribution in [-0.2, 0) is 19.2 Å². The number of hydrogen-bond donors (Lipinski definition) is 0. The maximum atomic E-state index is 12.1. The summed E-state index contributed by atoms with van der Waals surface area (Å²) < 4.78 is 0. The van der Waals surface area contributed by atoms with Crippen LogP contribution in [0.2, 0.25) is 0 Å². The lowest BCUT2D eigenvalue weighted by Gasteiger charge is -2.18. The normalized spacial score (nSPS) is 27.3. The zero-order valence-corrected chi connectivity index (χ0v) is 16.7. The average molecular weight is 365 g/mol. The average Bonchev–Trinajstić information content (AvgIpc) is 2.59. The van der Waals surface area contributed by atoms with E-state index in [4.69, 9.17) is 0 Å². The van der Waals surface area contributed by atoms with Crippen molar-refractivity contribution in [3.63, 3.8) is 0 Å². The Bertz CT molecular complexity index is 437. The fourth-order valence-corrected chi connectivity index (χ4v) is 3.53. The highest BCUT2D eigenvalue weighted by molar-refractivity contribution is 6.37. The molecule has 0 aromatic rings. The minimum atomic E-state index is -0.242. The first-order valence-electron chi connectivity index (χ1n) is 10.5. The van der Waals surface area contributed by atoms with Crippen molar-refractivity contribution in [2.75, 3.05) is 0 Å².